The first-order valence-corrected chi connectivity index (χ1v) is 6.36. The van der Waals surface area contributed by atoms with Crippen LogP contribution in [0.2, 0.25) is 0 Å². The van der Waals surface area contributed by atoms with E-state index < -0.39 is 11.6 Å². The lowest BCUT2D eigenvalue weighted by molar-refractivity contribution is 0.312. The summed E-state index contributed by atoms with van der Waals surface area (Å²) in [6.45, 7) is 10.9. The minimum atomic E-state index is -0.678. The molecule has 106 valence electrons. The summed E-state index contributed by atoms with van der Waals surface area (Å²) >= 11 is 0. The van der Waals surface area contributed by atoms with Crippen molar-refractivity contribution in [3.63, 3.8) is 0 Å². The molecule has 4 heteroatoms. The summed E-state index contributed by atoms with van der Waals surface area (Å²) in [4.78, 5) is 0. The Morgan fingerprint density at radius 3 is 2.37 bits per heavy atom. The molecule has 2 nitrogen and oxygen atoms in total. The molecular formula is C15H21F2NO. The van der Waals surface area contributed by atoms with E-state index in [2.05, 4.69) is 25.7 Å². The second-order valence-electron chi connectivity index (χ2n) is 5.16. The quantitative estimate of drug-likeness (QED) is 0.763. The second-order valence-corrected chi connectivity index (χ2v) is 5.16. The van der Waals surface area contributed by atoms with Crippen molar-refractivity contribution in [3.05, 3.63) is 41.5 Å². The monoisotopic (exact) mass is 269 g/mol. The standard InChI is InChI=1S/C15H21F2NO/c1-10(2)7-18-8-12-5-13(16)15(14(17)6-12)19-9-11(3)4/h5-6,10,18H,3,7-9H2,1-2,4H3. The first kappa shape index (κ1) is 15.6. The Labute approximate surface area is 113 Å². The van der Waals surface area contributed by atoms with Crippen molar-refractivity contribution in [1.82, 2.24) is 5.32 Å². The molecular weight excluding hydrogens is 248 g/mol. The van der Waals surface area contributed by atoms with E-state index in [9.17, 15) is 8.78 Å². The summed E-state index contributed by atoms with van der Waals surface area (Å²) in [6, 6.07) is 2.59. The van der Waals surface area contributed by atoms with Crippen LogP contribution in [0, 0.1) is 17.6 Å². The van der Waals surface area contributed by atoms with Crippen LogP contribution in [0.15, 0.2) is 24.3 Å². The fourth-order valence-corrected chi connectivity index (χ4v) is 1.55. The molecule has 0 atom stereocenters. The molecule has 1 N–H and O–H groups in total. The van der Waals surface area contributed by atoms with Crippen LogP contribution < -0.4 is 10.1 Å². The molecule has 1 aromatic carbocycles. The summed E-state index contributed by atoms with van der Waals surface area (Å²) in [7, 11) is 0. The predicted octanol–water partition coefficient (Wildman–Crippen LogP) is 3.67. The highest BCUT2D eigenvalue weighted by molar-refractivity contribution is 5.31. The first-order valence-electron chi connectivity index (χ1n) is 6.36. The van der Waals surface area contributed by atoms with Crippen LogP contribution in [-0.2, 0) is 6.54 Å². The Bertz CT molecular complexity index is 421. The van der Waals surface area contributed by atoms with E-state index in [1.807, 2.05) is 0 Å². The molecule has 0 unspecified atom stereocenters. The average Bonchev–Trinajstić information content (AvgIpc) is 2.26. The van der Waals surface area contributed by atoms with Crippen molar-refractivity contribution in [2.45, 2.75) is 27.3 Å². The summed E-state index contributed by atoms with van der Waals surface area (Å²) in [6.07, 6.45) is 0. The number of halogens is 2. The summed E-state index contributed by atoms with van der Waals surface area (Å²) in [5.41, 5.74) is 1.28. The highest BCUT2D eigenvalue weighted by Crippen LogP contribution is 2.23. The van der Waals surface area contributed by atoms with Gasteiger partial charge in [0.15, 0.2) is 17.4 Å². The minimum Gasteiger partial charge on any atom is -0.483 e. The van der Waals surface area contributed by atoms with Gasteiger partial charge in [-0.25, -0.2) is 8.78 Å². The predicted molar refractivity (Wildman–Crippen MR) is 73.2 cm³/mol. The first-order chi connectivity index (χ1) is 8.90. The Morgan fingerprint density at radius 1 is 1.32 bits per heavy atom. The Hall–Kier alpha value is -1.42. The number of hydrogen-bond donors (Lipinski definition) is 1. The molecule has 0 aromatic heterocycles. The van der Waals surface area contributed by atoms with Gasteiger partial charge in [-0.3, -0.25) is 0 Å². The number of nitrogens with one attached hydrogen (secondary N) is 1. The molecule has 0 amide bonds. The number of rotatable bonds is 7. The van der Waals surface area contributed by atoms with Gasteiger partial charge in [-0.15, -0.1) is 0 Å². The molecule has 1 rings (SSSR count). The maximum atomic E-state index is 13.7. The zero-order valence-electron chi connectivity index (χ0n) is 11.7. The largest absolute Gasteiger partial charge is 0.483 e. The van der Waals surface area contributed by atoms with Gasteiger partial charge in [0.05, 0.1) is 0 Å². The second kappa shape index (κ2) is 7.24. The highest BCUT2D eigenvalue weighted by atomic mass is 19.1. The van der Waals surface area contributed by atoms with Crippen LogP contribution in [0.4, 0.5) is 8.78 Å². The van der Waals surface area contributed by atoms with Crippen molar-refractivity contribution in [2.24, 2.45) is 5.92 Å². The van der Waals surface area contributed by atoms with Crippen LogP contribution in [0.3, 0.4) is 0 Å². The van der Waals surface area contributed by atoms with Crippen molar-refractivity contribution in [1.29, 1.82) is 0 Å². The third-order valence-corrected chi connectivity index (χ3v) is 2.40. The van der Waals surface area contributed by atoms with Gasteiger partial charge >= 0.3 is 0 Å². The van der Waals surface area contributed by atoms with Crippen LogP contribution in [0.1, 0.15) is 26.3 Å². The maximum absolute atomic E-state index is 13.7. The van der Waals surface area contributed by atoms with E-state index >= 15 is 0 Å². The molecule has 0 saturated heterocycles. The zero-order chi connectivity index (χ0) is 14.4. The smallest absolute Gasteiger partial charge is 0.191 e. The summed E-state index contributed by atoms with van der Waals surface area (Å²) in [5, 5.41) is 3.14. The summed E-state index contributed by atoms with van der Waals surface area (Å²) < 4.78 is 32.5. The molecule has 0 fully saturated rings. The Morgan fingerprint density at radius 2 is 1.89 bits per heavy atom. The molecule has 0 spiro atoms. The third-order valence-electron chi connectivity index (χ3n) is 2.40. The fourth-order valence-electron chi connectivity index (χ4n) is 1.55. The van der Waals surface area contributed by atoms with Crippen molar-refractivity contribution < 1.29 is 13.5 Å². The van der Waals surface area contributed by atoms with E-state index in [0.717, 1.165) is 6.54 Å². The lowest BCUT2D eigenvalue weighted by atomic mass is 10.1. The molecule has 0 heterocycles. The Kier molecular flexibility index (Phi) is 5.96. The lowest BCUT2D eigenvalue weighted by Crippen LogP contribution is -2.19. The van der Waals surface area contributed by atoms with Gasteiger partial charge in [0, 0.05) is 6.54 Å². The summed E-state index contributed by atoms with van der Waals surface area (Å²) in [5.74, 6) is -1.20. The highest BCUT2D eigenvalue weighted by Gasteiger charge is 2.12. The van der Waals surface area contributed by atoms with Crippen molar-refractivity contribution in [3.8, 4) is 5.75 Å². The van der Waals surface area contributed by atoms with Crippen LogP contribution in [0.25, 0.3) is 0 Å². The van der Waals surface area contributed by atoms with Crippen molar-refractivity contribution in [2.75, 3.05) is 13.2 Å². The topological polar surface area (TPSA) is 21.3 Å². The van der Waals surface area contributed by atoms with Gasteiger partial charge in [-0.1, -0.05) is 20.4 Å². The van der Waals surface area contributed by atoms with E-state index in [-0.39, 0.29) is 12.4 Å². The molecule has 0 aliphatic heterocycles. The molecule has 1 aromatic rings. The molecule has 0 saturated carbocycles. The number of ether oxygens (including phenoxy) is 1. The molecule has 0 radical (unpaired) electrons. The van der Waals surface area contributed by atoms with Gasteiger partial charge in [-0.2, -0.15) is 0 Å². The van der Waals surface area contributed by atoms with E-state index in [0.29, 0.717) is 23.6 Å². The molecule has 0 aliphatic rings. The molecule has 19 heavy (non-hydrogen) atoms. The SMILES string of the molecule is C=C(C)COc1c(F)cc(CNCC(C)C)cc1F. The van der Waals surface area contributed by atoms with Crippen LogP contribution in [-0.4, -0.2) is 13.2 Å². The van der Waals surface area contributed by atoms with Gasteiger partial charge in [-0.05, 0) is 42.7 Å². The molecule has 0 bridgehead atoms. The van der Waals surface area contributed by atoms with Crippen LogP contribution in [0.5, 0.6) is 5.75 Å². The number of benzene rings is 1. The van der Waals surface area contributed by atoms with Gasteiger partial charge in [0.1, 0.15) is 6.61 Å². The van der Waals surface area contributed by atoms with Crippen LogP contribution >= 0.6 is 0 Å². The van der Waals surface area contributed by atoms with Gasteiger partial charge in [0.25, 0.3) is 0 Å². The fraction of sp³-hybridized carbons (Fsp3) is 0.467. The normalized spacial score (nSPS) is 10.8. The average molecular weight is 269 g/mol. The third kappa shape index (κ3) is 5.39. The lowest BCUT2D eigenvalue weighted by Gasteiger charge is -2.11. The van der Waals surface area contributed by atoms with E-state index in [1.165, 1.54) is 12.1 Å². The van der Waals surface area contributed by atoms with E-state index in [4.69, 9.17) is 4.74 Å². The molecule has 0 aliphatic carbocycles. The van der Waals surface area contributed by atoms with Crippen molar-refractivity contribution >= 4 is 0 Å². The van der Waals surface area contributed by atoms with Gasteiger partial charge < -0.3 is 10.1 Å². The zero-order valence-corrected chi connectivity index (χ0v) is 11.7. The van der Waals surface area contributed by atoms with Gasteiger partial charge in [0.2, 0.25) is 0 Å². The number of hydrogen-bond acceptors (Lipinski definition) is 2. The Balaban J connectivity index is 2.70. The van der Waals surface area contributed by atoms with E-state index in [1.54, 1.807) is 6.92 Å². The minimum absolute atomic E-state index is 0.110. The maximum Gasteiger partial charge on any atom is 0.191 e.